The zero-order valence-electron chi connectivity index (χ0n) is 9.91. The third-order valence-corrected chi connectivity index (χ3v) is 3.71. The van der Waals surface area contributed by atoms with Crippen molar-refractivity contribution in [2.24, 2.45) is 0 Å². The number of urea groups is 1. The molecule has 0 unspecified atom stereocenters. The van der Waals surface area contributed by atoms with Gasteiger partial charge in [0.2, 0.25) is 0 Å². The molecule has 0 spiro atoms. The predicted octanol–water partition coefficient (Wildman–Crippen LogP) is 1.74. The molecule has 1 N–H and O–H groups in total. The van der Waals surface area contributed by atoms with Crippen LogP contribution in [0, 0.1) is 6.92 Å². The van der Waals surface area contributed by atoms with Gasteiger partial charge in [0.15, 0.2) is 5.13 Å². The molecule has 2 amide bonds. The maximum atomic E-state index is 11.9. The summed E-state index contributed by atoms with van der Waals surface area (Å²) in [4.78, 5) is 18.8. The first-order valence-electron chi connectivity index (χ1n) is 5.70. The van der Waals surface area contributed by atoms with Gasteiger partial charge in [0.25, 0.3) is 0 Å². The molecule has 0 bridgehead atoms. The number of amides is 2. The fourth-order valence-corrected chi connectivity index (χ4v) is 2.52. The number of carbonyl (C=O) groups excluding carboxylic acids is 1. The van der Waals surface area contributed by atoms with Crippen LogP contribution in [0.1, 0.15) is 10.9 Å². The van der Waals surface area contributed by atoms with Gasteiger partial charge in [-0.25, -0.2) is 9.78 Å². The lowest BCUT2D eigenvalue weighted by Gasteiger charge is -2.38. The lowest BCUT2D eigenvalue weighted by Crippen LogP contribution is -2.52. The molecule has 18 heavy (non-hydrogen) atoms. The van der Waals surface area contributed by atoms with Crippen LogP contribution in [0.3, 0.4) is 0 Å². The van der Waals surface area contributed by atoms with Gasteiger partial charge < -0.3 is 4.90 Å². The smallest absolute Gasteiger partial charge is 0.320 e. The van der Waals surface area contributed by atoms with Crippen LogP contribution in [0.15, 0.2) is 24.7 Å². The van der Waals surface area contributed by atoms with E-state index in [1.807, 2.05) is 23.9 Å². The van der Waals surface area contributed by atoms with Crippen molar-refractivity contribution in [3.8, 4) is 0 Å². The van der Waals surface area contributed by atoms with Gasteiger partial charge >= 0.3 is 6.03 Å². The average molecular weight is 263 g/mol. The second-order valence-corrected chi connectivity index (χ2v) is 5.49. The Labute approximate surface area is 108 Å². The van der Waals surface area contributed by atoms with Crippen LogP contribution in [0.2, 0.25) is 0 Å². The van der Waals surface area contributed by atoms with Crippen LogP contribution < -0.4 is 5.32 Å². The van der Waals surface area contributed by atoms with Gasteiger partial charge in [0.1, 0.15) is 0 Å². The van der Waals surface area contributed by atoms with E-state index < -0.39 is 0 Å². The SMILES string of the molecule is Cc1cnc(NC(=O)N2CC(n3cccn3)C2)s1. The number of nitrogens with zero attached hydrogens (tertiary/aromatic N) is 4. The van der Waals surface area contributed by atoms with E-state index in [1.54, 1.807) is 17.3 Å². The standard InChI is InChI=1S/C11H13N5OS/c1-8-5-12-10(18-8)14-11(17)15-6-9(7-15)16-4-2-3-13-16/h2-5,9H,6-7H2,1H3,(H,12,14,17). The predicted molar refractivity (Wildman–Crippen MR) is 68.7 cm³/mol. The summed E-state index contributed by atoms with van der Waals surface area (Å²) < 4.78 is 1.89. The molecule has 0 radical (unpaired) electrons. The molecular formula is C11H13N5OS. The minimum Gasteiger partial charge on any atom is -0.320 e. The van der Waals surface area contributed by atoms with E-state index in [4.69, 9.17) is 0 Å². The second kappa shape index (κ2) is 4.41. The number of nitrogens with one attached hydrogen (secondary N) is 1. The number of hydrogen-bond donors (Lipinski definition) is 1. The molecule has 0 aliphatic carbocycles. The van der Waals surface area contributed by atoms with Crippen LogP contribution >= 0.6 is 11.3 Å². The lowest BCUT2D eigenvalue weighted by atomic mass is 10.1. The van der Waals surface area contributed by atoms with Gasteiger partial charge in [0, 0.05) is 36.6 Å². The van der Waals surface area contributed by atoms with Crippen molar-refractivity contribution in [3.63, 3.8) is 0 Å². The molecule has 3 heterocycles. The summed E-state index contributed by atoms with van der Waals surface area (Å²) in [7, 11) is 0. The number of hydrogen-bond acceptors (Lipinski definition) is 4. The molecule has 2 aromatic heterocycles. The summed E-state index contributed by atoms with van der Waals surface area (Å²) in [5.41, 5.74) is 0. The summed E-state index contributed by atoms with van der Waals surface area (Å²) in [5, 5.41) is 7.62. The summed E-state index contributed by atoms with van der Waals surface area (Å²) >= 11 is 1.48. The first-order valence-corrected chi connectivity index (χ1v) is 6.51. The highest BCUT2D eigenvalue weighted by molar-refractivity contribution is 7.15. The molecule has 1 saturated heterocycles. The summed E-state index contributed by atoms with van der Waals surface area (Å²) in [6.07, 6.45) is 5.42. The quantitative estimate of drug-likeness (QED) is 0.897. The summed E-state index contributed by atoms with van der Waals surface area (Å²) in [6, 6.07) is 2.10. The van der Waals surface area contributed by atoms with Crippen molar-refractivity contribution in [2.75, 3.05) is 18.4 Å². The molecule has 0 saturated carbocycles. The number of carbonyl (C=O) groups is 1. The van der Waals surface area contributed by atoms with Crippen molar-refractivity contribution in [1.82, 2.24) is 19.7 Å². The van der Waals surface area contributed by atoms with E-state index in [-0.39, 0.29) is 6.03 Å². The number of aromatic nitrogens is 3. The minimum atomic E-state index is -0.0900. The molecule has 7 heteroatoms. The number of likely N-dealkylation sites (tertiary alicyclic amines) is 1. The van der Waals surface area contributed by atoms with Gasteiger partial charge in [-0.05, 0) is 13.0 Å². The Kier molecular flexibility index (Phi) is 2.75. The van der Waals surface area contributed by atoms with Crippen molar-refractivity contribution in [3.05, 3.63) is 29.5 Å². The van der Waals surface area contributed by atoms with E-state index in [0.29, 0.717) is 24.3 Å². The molecular weight excluding hydrogens is 250 g/mol. The molecule has 0 atom stereocenters. The minimum absolute atomic E-state index is 0.0900. The Morgan fingerprint density at radius 2 is 2.39 bits per heavy atom. The van der Waals surface area contributed by atoms with Crippen molar-refractivity contribution < 1.29 is 4.79 Å². The van der Waals surface area contributed by atoms with Crippen molar-refractivity contribution >= 4 is 22.5 Å². The topological polar surface area (TPSA) is 63.1 Å². The molecule has 1 fully saturated rings. The molecule has 6 nitrogen and oxygen atoms in total. The van der Waals surface area contributed by atoms with Gasteiger partial charge in [0.05, 0.1) is 6.04 Å². The third kappa shape index (κ3) is 2.08. The molecule has 1 aliphatic rings. The molecule has 1 aliphatic heterocycles. The number of rotatable bonds is 2. The second-order valence-electron chi connectivity index (χ2n) is 4.25. The maximum Gasteiger partial charge on any atom is 0.323 e. The number of anilines is 1. The maximum absolute atomic E-state index is 11.9. The summed E-state index contributed by atoms with van der Waals surface area (Å²) in [5.74, 6) is 0. The Balaban J connectivity index is 1.54. The number of thiazole rings is 1. The average Bonchev–Trinajstić information content (AvgIpc) is 2.88. The van der Waals surface area contributed by atoms with Crippen LogP contribution in [-0.2, 0) is 0 Å². The molecule has 0 aromatic carbocycles. The Hall–Kier alpha value is -1.89. The largest absolute Gasteiger partial charge is 0.323 e. The first kappa shape index (κ1) is 11.2. The molecule has 94 valence electrons. The van der Waals surface area contributed by atoms with E-state index in [9.17, 15) is 4.79 Å². The van der Waals surface area contributed by atoms with Gasteiger partial charge in [-0.3, -0.25) is 10.00 Å². The van der Waals surface area contributed by atoms with Crippen molar-refractivity contribution in [2.45, 2.75) is 13.0 Å². The van der Waals surface area contributed by atoms with Crippen LogP contribution in [0.5, 0.6) is 0 Å². The van der Waals surface area contributed by atoms with E-state index in [1.165, 1.54) is 11.3 Å². The van der Waals surface area contributed by atoms with E-state index >= 15 is 0 Å². The zero-order valence-corrected chi connectivity index (χ0v) is 10.7. The molecule has 3 rings (SSSR count). The van der Waals surface area contributed by atoms with Gasteiger partial charge in [-0.15, -0.1) is 11.3 Å². The van der Waals surface area contributed by atoms with Crippen LogP contribution in [-0.4, -0.2) is 38.8 Å². The summed E-state index contributed by atoms with van der Waals surface area (Å²) in [6.45, 7) is 3.35. The normalized spacial score (nSPS) is 15.5. The highest BCUT2D eigenvalue weighted by Crippen LogP contribution is 2.22. The lowest BCUT2D eigenvalue weighted by molar-refractivity contribution is 0.128. The first-order chi connectivity index (χ1) is 8.72. The monoisotopic (exact) mass is 263 g/mol. The highest BCUT2D eigenvalue weighted by atomic mass is 32.1. The van der Waals surface area contributed by atoms with Gasteiger partial charge in [-0.2, -0.15) is 5.10 Å². The fraction of sp³-hybridized carbons (Fsp3) is 0.364. The Bertz CT molecular complexity index is 544. The fourth-order valence-electron chi connectivity index (χ4n) is 1.87. The Morgan fingerprint density at radius 3 is 3.00 bits per heavy atom. The highest BCUT2D eigenvalue weighted by Gasteiger charge is 2.32. The van der Waals surface area contributed by atoms with Crippen LogP contribution in [0.4, 0.5) is 9.93 Å². The third-order valence-electron chi connectivity index (χ3n) is 2.88. The molecule has 2 aromatic rings. The zero-order chi connectivity index (χ0) is 12.5. The van der Waals surface area contributed by atoms with Crippen molar-refractivity contribution in [1.29, 1.82) is 0 Å². The number of aryl methyl sites for hydroxylation is 1. The van der Waals surface area contributed by atoms with Gasteiger partial charge in [-0.1, -0.05) is 0 Å². The Morgan fingerprint density at radius 1 is 1.56 bits per heavy atom. The van der Waals surface area contributed by atoms with E-state index in [0.717, 1.165) is 4.88 Å². The van der Waals surface area contributed by atoms with E-state index in [2.05, 4.69) is 15.4 Å². The van der Waals surface area contributed by atoms with Crippen LogP contribution in [0.25, 0.3) is 0 Å².